The van der Waals surface area contributed by atoms with Crippen molar-refractivity contribution >= 4 is 17.3 Å². The van der Waals surface area contributed by atoms with E-state index in [1.807, 2.05) is 19.1 Å². The Balaban J connectivity index is 1.68. The van der Waals surface area contributed by atoms with Crippen LogP contribution in [0.2, 0.25) is 0 Å². The summed E-state index contributed by atoms with van der Waals surface area (Å²) in [5.41, 5.74) is 8.80. The Morgan fingerprint density at radius 3 is 2.75 bits per heavy atom. The molecule has 0 spiro atoms. The van der Waals surface area contributed by atoms with E-state index in [1.165, 1.54) is 25.7 Å². The molecule has 0 unspecified atom stereocenters. The van der Waals surface area contributed by atoms with Gasteiger partial charge < -0.3 is 16.4 Å². The molecule has 4 nitrogen and oxygen atoms in total. The molecule has 0 aromatic heterocycles. The van der Waals surface area contributed by atoms with E-state index in [2.05, 4.69) is 10.6 Å². The highest BCUT2D eigenvalue weighted by molar-refractivity contribution is 5.96. The van der Waals surface area contributed by atoms with Crippen molar-refractivity contribution in [1.29, 1.82) is 0 Å². The minimum atomic E-state index is -0.0427. The van der Waals surface area contributed by atoms with Crippen molar-refractivity contribution in [3.05, 3.63) is 23.8 Å². The van der Waals surface area contributed by atoms with Crippen LogP contribution in [0, 0.1) is 11.3 Å². The molecule has 3 rings (SSSR count). The van der Waals surface area contributed by atoms with Gasteiger partial charge in [0.1, 0.15) is 0 Å². The molecule has 0 bridgehead atoms. The van der Waals surface area contributed by atoms with E-state index >= 15 is 0 Å². The van der Waals surface area contributed by atoms with Gasteiger partial charge in [0.15, 0.2) is 0 Å². The van der Waals surface area contributed by atoms with Gasteiger partial charge in [-0.05, 0) is 62.1 Å². The minimum absolute atomic E-state index is 0.0427. The van der Waals surface area contributed by atoms with E-state index < -0.39 is 0 Å². The van der Waals surface area contributed by atoms with E-state index in [-0.39, 0.29) is 5.91 Å². The van der Waals surface area contributed by atoms with Crippen LogP contribution in [0.25, 0.3) is 0 Å². The van der Waals surface area contributed by atoms with Crippen molar-refractivity contribution < 1.29 is 4.79 Å². The molecule has 0 atom stereocenters. The van der Waals surface area contributed by atoms with Gasteiger partial charge in [-0.25, -0.2) is 0 Å². The van der Waals surface area contributed by atoms with Crippen molar-refractivity contribution in [1.82, 2.24) is 5.32 Å². The third-order valence-electron chi connectivity index (χ3n) is 4.62. The fraction of sp³-hybridized carbons (Fsp3) is 0.562. The Hall–Kier alpha value is -1.71. The fourth-order valence-electron chi connectivity index (χ4n) is 2.97. The zero-order valence-electron chi connectivity index (χ0n) is 12.0. The Bertz CT molecular complexity index is 518. The minimum Gasteiger partial charge on any atom is -0.397 e. The lowest BCUT2D eigenvalue weighted by atomic mass is 10.0. The summed E-state index contributed by atoms with van der Waals surface area (Å²) in [6, 6.07) is 5.45. The molecule has 0 heterocycles. The van der Waals surface area contributed by atoms with Crippen molar-refractivity contribution in [2.45, 2.75) is 32.6 Å². The summed E-state index contributed by atoms with van der Waals surface area (Å²) >= 11 is 0. The number of nitrogens with two attached hydrogens (primary N) is 1. The smallest absolute Gasteiger partial charge is 0.251 e. The molecule has 0 radical (unpaired) electrons. The second-order valence-corrected chi connectivity index (χ2v) is 6.15. The molecular formula is C16H23N3O. The Morgan fingerprint density at radius 1 is 1.40 bits per heavy atom. The second-order valence-electron chi connectivity index (χ2n) is 6.15. The van der Waals surface area contributed by atoms with Crippen LogP contribution in [0.15, 0.2) is 18.2 Å². The van der Waals surface area contributed by atoms with Crippen LogP contribution in [-0.4, -0.2) is 19.0 Å². The van der Waals surface area contributed by atoms with Gasteiger partial charge in [0.25, 0.3) is 5.91 Å². The summed E-state index contributed by atoms with van der Waals surface area (Å²) in [6.07, 6.45) is 5.44. The molecule has 2 fully saturated rings. The molecule has 1 amide bonds. The Labute approximate surface area is 120 Å². The first kappa shape index (κ1) is 13.3. The predicted molar refractivity (Wildman–Crippen MR) is 81.7 cm³/mol. The van der Waals surface area contributed by atoms with Gasteiger partial charge in [0.2, 0.25) is 0 Å². The molecule has 2 aliphatic rings. The molecular weight excluding hydrogens is 250 g/mol. The summed E-state index contributed by atoms with van der Waals surface area (Å²) in [4.78, 5) is 11.9. The summed E-state index contributed by atoms with van der Waals surface area (Å²) in [5.74, 6) is 0.877. The number of hydrogen-bond acceptors (Lipinski definition) is 3. The zero-order chi connectivity index (χ0) is 14.2. The normalized spacial score (nSPS) is 19.4. The molecule has 108 valence electrons. The summed E-state index contributed by atoms with van der Waals surface area (Å²) in [7, 11) is 0. The molecule has 0 saturated heterocycles. The lowest BCUT2D eigenvalue weighted by Crippen LogP contribution is -2.23. The monoisotopic (exact) mass is 273 g/mol. The molecule has 1 aromatic carbocycles. The maximum atomic E-state index is 11.9. The number of rotatable bonds is 6. The lowest BCUT2D eigenvalue weighted by molar-refractivity contribution is 0.0956. The van der Waals surface area contributed by atoms with Gasteiger partial charge in [-0.3, -0.25) is 4.79 Å². The molecule has 4 N–H and O–H groups in total. The van der Waals surface area contributed by atoms with E-state index in [1.54, 1.807) is 6.07 Å². The molecule has 1 aromatic rings. The molecule has 20 heavy (non-hydrogen) atoms. The van der Waals surface area contributed by atoms with Gasteiger partial charge in [-0.2, -0.15) is 0 Å². The van der Waals surface area contributed by atoms with Gasteiger partial charge in [-0.15, -0.1) is 0 Å². The highest BCUT2D eigenvalue weighted by Gasteiger charge is 2.53. The highest BCUT2D eigenvalue weighted by Crippen LogP contribution is 2.61. The molecule has 4 heteroatoms. The van der Waals surface area contributed by atoms with Crippen LogP contribution in [0.4, 0.5) is 11.4 Å². The van der Waals surface area contributed by atoms with Crippen LogP contribution >= 0.6 is 0 Å². The first-order chi connectivity index (χ1) is 9.64. The van der Waals surface area contributed by atoms with E-state index in [0.717, 1.165) is 18.2 Å². The number of carbonyl (C=O) groups excluding carboxylic acids is 1. The van der Waals surface area contributed by atoms with Gasteiger partial charge in [0.05, 0.1) is 11.4 Å². The maximum absolute atomic E-state index is 11.9. The van der Waals surface area contributed by atoms with E-state index in [4.69, 9.17) is 5.73 Å². The second kappa shape index (κ2) is 5.00. The Morgan fingerprint density at radius 2 is 2.15 bits per heavy atom. The quantitative estimate of drug-likeness (QED) is 0.698. The summed E-state index contributed by atoms with van der Waals surface area (Å²) < 4.78 is 0. The maximum Gasteiger partial charge on any atom is 0.251 e. The molecule has 0 aliphatic heterocycles. The SMILES string of the molecule is CCNC(=O)c1ccc(N)c(NCC2(C3CC3)CC2)c1. The lowest BCUT2D eigenvalue weighted by Gasteiger charge is -2.17. The number of amides is 1. The number of nitrogens with one attached hydrogen (secondary N) is 2. The van der Waals surface area contributed by atoms with Crippen molar-refractivity contribution in [2.75, 3.05) is 24.1 Å². The number of carbonyl (C=O) groups is 1. The zero-order valence-corrected chi connectivity index (χ0v) is 12.0. The molecule has 2 saturated carbocycles. The summed E-state index contributed by atoms with van der Waals surface area (Å²) in [5, 5.41) is 6.28. The fourth-order valence-corrected chi connectivity index (χ4v) is 2.97. The number of benzene rings is 1. The van der Waals surface area contributed by atoms with Crippen molar-refractivity contribution in [3.63, 3.8) is 0 Å². The van der Waals surface area contributed by atoms with Crippen LogP contribution in [0.3, 0.4) is 0 Å². The van der Waals surface area contributed by atoms with Crippen molar-refractivity contribution in [3.8, 4) is 0 Å². The standard InChI is InChI=1S/C16H23N3O/c1-2-18-15(20)11-3-6-13(17)14(9-11)19-10-16(7-8-16)12-4-5-12/h3,6,9,12,19H,2,4-5,7-8,10,17H2,1H3,(H,18,20). The van der Waals surface area contributed by atoms with Gasteiger partial charge in [0, 0.05) is 18.7 Å². The third-order valence-corrected chi connectivity index (χ3v) is 4.62. The van der Waals surface area contributed by atoms with E-state index in [9.17, 15) is 4.79 Å². The van der Waals surface area contributed by atoms with Crippen LogP contribution < -0.4 is 16.4 Å². The first-order valence-corrected chi connectivity index (χ1v) is 7.56. The number of nitrogen functional groups attached to an aromatic ring is 1. The third kappa shape index (κ3) is 2.60. The van der Waals surface area contributed by atoms with Gasteiger partial charge >= 0.3 is 0 Å². The summed E-state index contributed by atoms with van der Waals surface area (Å²) in [6.45, 7) is 3.54. The topological polar surface area (TPSA) is 67.2 Å². The average molecular weight is 273 g/mol. The average Bonchev–Trinajstić information content (AvgIpc) is 3.30. The van der Waals surface area contributed by atoms with Crippen LogP contribution in [0.1, 0.15) is 43.0 Å². The number of hydrogen-bond donors (Lipinski definition) is 3. The van der Waals surface area contributed by atoms with Crippen LogP contribution in [-0.2, 0) is 0 Å². The molecule has 2 aliphatic carbocycles. The predicted octanol–water partition coefficient (Wildman–Crippen LogP) is 2.62. The number of anilines is 2. The van der Waals surface area contributed by atoms with Gasteiger partial charge in [-0.1, -0.05) is 0 Å². The Kier molecular flexibility index (Phi) is 3.32. The largest absolute Gasteiger partial charge is 0.397 e. The van der Waals surface area contributed by atoms with Crippen LogP contribution in [0.5, 0.6) is 0 Å². The highest BCUT2D eigenvalue weighted by atomic mass is 16.1. The van der Waals surface area contributed by atoms with Crippen molar-refractivity contribution in [2.24, 2.45) is 11.3 Å². The van der Waals surface area contributed by atoms with E-state index in [0.29, 0.717) is 23.2 Å². The first-order valence-electron chi connectivity index (χ1n) is 7.56.